The monoisotopic (exact) mass is 613 g/mol. The maximum absolute atomic E-state index is 13.4. The van der Waals surface area contributed by atoms with Gasteiger partial charge in [0.2, 0.25) is 5.91 Å². The van der Waals surface area contributed by atoms with Crippen molar-refractivity contribution in [2.45, 2.75) is 16.7 Å². The fourth-order valence-corrected chi connectivity index (χ4v) is 6.37. The summed E-state index contributed by atoms with van der Waals surface area (Å²) in [6.07, 6.45) is 0. The third-order valence-electron chi connectivity index (χ3n) is 5.45. The molecule has 0 fully saturated rings. The molecule has 0 aliphatic heterocycles. The summed E-state index contributed by atoms with van der Waals surface area (Å²) < 4.78 is 56.6. The van der Waals surface area contributed by atoms with Crippen molar-refractivity contribution in [3.63, 3.8) is 0 Å². The molecule has 0 aliphatic rings. The van der Waals surface area contributed by atoms with E-state index in [1.807, 2.05) is 13.0 Å². The Labute approximate surface area is 230 Å². The Morgan fingerprint density at radius 1 is 0.763 bits per heavy atom. The molecule has 8 nitrogen and oxygen atoms in total. The fraction of sp³-hybridized carbons (Fsp3) is 0.0741. The van der Waals surface area contributed by atoms with Crippen molar-refractivity contribution < 1.29 is 21.6 Å². The number of benzene rings is 4. The highest BCUT2D eigenvalue weighted by Crippen LogP contribution is 2.26. The second-order valence-electron chi connectivity index (χ2n) is 8.35. The zero-order valence-electron chi connectivity index (χ0n) is 20.2. The highest BCUT2D eigenvalue weighted by Gasteiger charge is 2.27. The number of aryl methyl sites for hydroxylation is 1. The molecule has 4 rings (SSSR count). The Balaban J connectivity index is 1.52. The Kier molecular flexibility index (Phi) is 8.20. The van der Waals surface area contributed by atoms with Gasteiger partial charge in [0.25, 0.3) is 20.0 Å². The van der Waals surface area contributed by atoms with E-state index in [4.69, 9.17) is 0 Å². The van der Waals surface area contributed by atoms with E-state index >= 15 is 0 Å². The molecule has 0 bridgehead atoms. The van der Waals surface area contributed by atoms with Crippen LogP contribution in [0, 0.1) is 6.92 Å². The molecule has 1 amide bonds. The van der Waals surface area contributed by atoms with Crippen molar-refractivity contribution in [1.29, 1.82) is 0 Å². The maximum Gasteiger partial charge on any atom is 0.264 e. The van der Waals surface area contributed by atoms with Crippen LogP contribution in [0.15, 0.2) is 117 Å². The second kappa shape index (κ2) is 11.4. The standard InChI is InChI=1S/C27H24BrN3O5S2/c1-20-6-5-7-23(18-20)30-37(33,34)25-16-12-22(13-17-25)29-27(32)19-31(24-14-10-21(28)11-15-24)38(35,36)26-8-3-2-4-9-26/h2-18,30H,19H2,1H3,(H,29,32). The van der Waals surface area contributed by atoms with Gasteiger partial charge >= 0.3 is 0 Å². The number of sulfonamides is 2. The van der Waals surface area contributed by atoms with Crippen LogP contribution in [0.1, 0.15) is 5.56 Å². The summed E-state index contributed by atoms with van der Waals surface area (Å²) >= 11 is 3.33. The van der Waals surface area contributed by atoms with Crippen LogP contribution in [0.25, 0.3) is 0 Å². The van der Waals surface area contributed by atoms with Crippen LogP contribution in [0.4, 0.5) is 17.1 Å². The van der Waals surface area contributed by atoms with Crippen LogP contribution in [-0.4, -0.2) is 29.3 Å². The van der Waals surface area contributed by atoms with Crippen LogP contribution in [0.2, 0.25) is 0 Å². The number of halogens is 1. The fourth-order valence-electron chi connectivity index (χ4n) is 3.61. The maximum atomic E-state index is 13.4. The largest absolute Gasteiger partial charge is 0.325 e. The molecule has 196 valence electrons. The number of rotatable bonds is 9. The molecule has 38 heavy (non-hydrogen) atoms. The third-order valence-corrected chi connectivity index (χ3v) is 9.17. The van der Waals surface area contributed by atoms with E-state index in [1.165, 1.54) is 36.4 Å². The molecule has 2 N–H and O–H groups in total. The van der Waals surface area contributed by atoms with Gasteiger partial charge in [0.15, 0.2) is 0 Å². The lowest BCUT2D eigenvalue weighted by Gasteiger charge is -2.24. The van der Waals surface area contributed by atoms with Gasteiger partial charge in [-0.15, -0.1) is 0 Å². The third kappa shape index (κ3) is 6.60. The smallest absolute Gasteiger partial charge is 0.264 e. The zero-order chi connectivity index (χ0) is 27.3. The highest BCUT2D eigenvalue weighted by molar-refractivity contribution is 9.10. The first kappa shape index (κ1) is 27.4. The molecule has 11 heteroatoms. The molecular formula is C27H24BrN3O5S2. The summed E-state index contributed by atoms with van der Waals surface area (Å²) in [4.78, 5) is 13.0. The van der Waals surface area contributed by atoms with Crippen LogP contribution >= 0.6 is 15.9 Å². The zero-order valence-corrected chi connectivity index (χ0v) is 23.4. The van der Waals surface area contributed by atoms with Gasteiger partial charge in [0, 0.05) is 15.8 Å². The average molecular weight is 615 g/mol. The minimum Gasteiger partial charge on any atom is -0.325 e. The predicted octanol–water partition coefficient (Wildman–Crippen LogP) is 5.39. The number of nitrogens with zero attached hydrogens (tertiary/aromatic N) is 1. The molecule has 0 spiro atoms. The normalized spacial score (nSPS) is 11.5. The molecule has 0 aromatic heterocycles. The van der Waals surface area contributed by atoms with Gasteiger partial charge in [-0.25, -0.2) is 16.8 Å². The topological polar surface area (TPSA) is 113 Å². The van der Waals surface area contributed by atoms with Crippen LogP contribution in [0.5, 0.6) is 0 Å². The molecule has 0 heterocycles. The minimum absolute atomic E-state index is 0.0140. The number of hydrogen-bond acceptors (Lipinski definition) is 5. The van der Waals surface area contributed by atoms with Crippen molar-refractivity contribution in [2.75, 3.05) is 20.9 Å². The molecule has 0 saturated heterocycles. The molecule has 0 radical (unpaired) electrons. The van der Waals surface area contributed by atoms with E-state index in [2.05, 4.69) is 26.0 Å². The van der Waals surface area contributed by atoms with Crippen molar-refractivity contribution in [1.82, 2.24) is 0 Å². The van der Waals surface area contributed by atoms with Crippen molar-refractivity contribution in [3.05, 3.63) is 113 Å². The van der Waals surface area contributed by atoms with Gasteiger partial charge in [-0.3, -0.25) is 13.8 Å². The van der Waals surface area contributed by atoms with Crippen molar-refractivity contribution in [2.24, 2.45) is 0 Å². The van der Waals surface area contributed by atoms with Gasteiger partial charge in [-0.1, -0.05) is 46.3 Å². The summed E-state index contributed by atoms with van der Waals surface area (Å²) in [5.74, 6) is -0.596. The Hall–Kier alpha value is -3.67. The summed E-state index contributed by atoms with van der Waals surface area (Å²) in [6, 6.07) is 27.0. The highest BCUT2D eigenvalue weighted by atomic mass is 79.9. The molecule has 0 aliphatic carbocycles. The lowest BCUT2D eigenvalue weighted by Crippen LogP contribution is -2.38. The van der Waals surface area contributed by atoms with E-state index < -0.39 is 32.5 Å². The van der Waals surface area contributed by atoms with Crippen LogP contribution in [-0.2, 0) is 24.8 Å². The lowest BCUT2D eigenvalue weighted by atomic mass is 10.2. The SMILES string of the molecule is Cc1cccc(NS(=O)(=O)c2ccc(NC(=O)CN(c3ccc(Br)cc3)S(=O)(=O)c3ccccc3)cc2)c1. The summed E-state index contributed by atoms with van der Waals surface area (Å²) in [7, 11) is -7.88. The van der Waals surface area contributed by atoms with Crippen molar-refractivity contribution >= 4 is 58.9 Å². The van der Waals surface area contributed by atoms with Crippen LogP contribution in [0.3, 0.4) is 0 Å². The molecule has 0 saturated carbocycles. The van der Waals surface area contributed by atoms with E-state index in [1.54, 1.807) is 60.7 Å². The number of hydrogen-bond donors (Lipinski definition) is 2. The quantitative estimate of drug-likeness (QED) is 0.263. The molecule has 4 aromatic rings. The van der Waals surface area contributed by atoms with Gasteiger partial charge < -0.3 is 5.32 Å². The van der Waals surface area contributed by atoms with Crippen molar-refractivity contribution in [3.8, 4) is 0 Å². The number of carbonyl (C=O) groups is 1. The average Bonchev–Trinajstić information content (AvgIpc) is 2.88. The Morgan fingerprint density at radius 2 is 1.42 bits per heavy atom. The Morgan fingerprint density at radius 3 is 2.05 bits per heavy atom. The molecular weight excluding hydrogens is 590 g/mol. The second-order valence-corrected chi connectivity index (χ2v) is 12.8. The van der Waals surface area contributed by atoms with Gasteiger partial charge in [-0.05, 0) is 85.3 Å². The van der Waals surface area contributed by atoms with Gasteiger partial charge in [0.05, 0.1) is 15.5 Å². The first-order valence-electron chi connectivity index (χ1n) is 11.4. The number of amides is 1. The lowest BCUT2D eigenvalue weighted by molar-refractivity contribution is -0.114. The Bertz CT molecular complexity index is 1640. The van der Waals surface area contributed by atoms with Crippen LogP contribution < -0.4 is 14.3 Å². The molecule has 4 aromatic carbocycles. The van der Waals surface area contributed by atoms with Gasteiger partial charge in [0.1, 0.15) is 6.54 Å². The number of carbonyl (C=O) groups excluding carboxylic acids is 1. The number of nitrogens with one attached hydrogen (secondary N) is 2. The summed E-state index contributed by atoms with van der Waals surface area (Å²) in [6.45, 7) is 1.37. The van der Waals surface area contributed by atoms with Gasteiger partial charge in [-0.2, -0.15) is 0 Å². The molecule has 0 unspecified atom stereocenters. The summed E-state index contributed by atoms with van der Waals surface area (Å²) in [5.41, 5.74) is 1.98. The van der Waals surface area contributed by atoms with E-state index in [0.29, 0.717) is 17.1 Å². The first-order chi connectivity index (χ1) is 18.0. The number of anilines is 3. The van der Waals surface area contributed by atoms with E-state index in [0.717, 1.165) is 14.3 Å². The van der Waals surface area contributed by atoms with E-state index in [-0.39, 0.29) is 9.79 Å². The van der Waals surface area contributed by atoms with E-state index in [9.17, 15) is 21.6 Å². The first-order valence-corrected chi connectivity index (χ1v) is 15.1. The summed E-state index contributed by atoms with van der Waals surface area (Å²) in [5, 5.41) is 2.64. The molecule has 0 atom stereocenters. The predicted molar refractivity (Wildman–Crippen MR) is 152 cm³/mol. The minimum atomic E-state index is -4.04.